The molecule has 0 atom stereocenters. The number of carbonyl (C=O) groups is 2. The van der Waals surface area contributed by atoms with Crippen LogP contribution in [0.5, 0.6) is 0 Å². The molecule has 0 aromatic carbocycles. The third-order valence-corrected chi connectivity index (χ3v) is 1.59. The topological polar surface area (TPSA) is 46.2 Å². The van der Waals surface area contributed by atoms with Gasteiger partial charge in [-0.05, 0) is 0 Å². The predicted octanol–water partition coefficient (Wildman–Crippen LogP) is 0.168. The van der Waals surface area contributed by atoms with Crippen LogP contribution >= 0.6 is 0 Å². The second kappa shape index (κ2) is 3.98. The fraction of sp³-hybridized carbons (Fsp3) is 0.600. The summed E-state index contributed by atoms with van der Waals surface area (Å²) in [5.74, 6) is -22.7. The minimum atomic E-state index is -6.01. The van der Waals surface area contributed by atoms with E-state index >= 15 is 0 Å². The number of nitrogens with one attached hydrogen (secondary N) is 1. The number of amides is 2. The van der Waals surface area contributed by atoms with Crippen molar-refractivity contribution >= 4 is 63.2 Å². The van der Waals surface area contributed by atoms with Gasteiger partial charge in [0.2, 0.25) is 0 Å². The van der Waals surface area contributed by atoms with Gasteiger partial charge >= 0.3 is 29.6 Å². The van der Waals surface area contributed by atoms with Gasteiger partial charge in [0, 0.05) is 51.4 Å². The summed E-state index contributed by atoms with van der Waals surface area (Å²) in [4.78, 5) is 20.3. The molecule has 0 saturated carbocycles. The molecule has 1 N–H and O–H groups in total. The molecule has 0 aliphatic carbocycles. The van der Waals surface area contributed by atoms with Crippen LogP contribution in [-0.4, -0.2) is 81.0 Å². The van der Waals surface area contributed by atoms with Gasteiger partial charge in [-0.2, -0.15) is 26.3 Å². The van der Waals surface area contributed by atoms with Gasteiger partial charge in [0.25, 0.3) is 0 Å². The van der Waals surface area contributed by atoms with Crippen LogP contribution in [0.1, 0.15) is 0 Å². The van der Waals surface area contributed by atoms with E-state index in [0.717, 1.165) is 0 Å². The standard InChI is InChI=1S/C5HF6NO2.K/c6-3(7)1(13)12-2(14)4(8,9)5(3,10)11;/h(H,12,13,14);. The van der Waals surface area contributed by atoms with Crippen molar-refractivity contribution < 1.29 is 35.9 Å². The van der Waals surface area contributed by atoms with E-state index < -0.39 is 29.6 Å². The molecular weight excluding hydrogens is 259 g/mol. The van der Waals surface area contributed by atoms with Gasteiger partial charge in [-0.3, -0.25) is 14.9 Å². The van der Waals surface area contributed by atoms with Gasteiger partial charge < -0.3 is 0 Å². The smallest absolute Gasteiger partial charge is 0.285 e. The van der Waals surface area contributed by atoms with Crippen molar-refractivity contribution in [1.29, 1.82) is 0 Å². The molecule has 1 aliphatic rings. The summed E-state index contributed by atoms with van der Waals surface area (Å²) in [5.41, 5.74) is 0. The first-order valence-corrected chi connectivity index (χ1v) is 3.04. The fourth-order valence-electron chi connectivity index (χ4n) is 0.742. The van der Waals surface area contributed by atoms with Gasteiger partial charge in [-0.1, -0.05) is 0 Å². The van der Waals surface area contributed by atoms with Crippen molar-refractivity contribution in [3.8, 4) is 0 Å². The minimum absolute atomic E-state index is 0. The van der Waals surface area contributed by atoms with E-state index in [2.05, 4.69) is 0 Å². The van der Waals surface area contributed by atoms with E-state index in [9.17, 15) is 35.9 Å². The molecule has 1 rings (SSSR count). The van der Waals surface area contributed by atoms with E-state index in [1.54, 1.807) is 0 Å². The molecule has 1 radical (unpaired) electrons. The molecular formula is C5HF6KNO2. The second-order valence-corrected chi connectivity index (χ2v) is 2.51. The van der Waals surface area contributed by atoms with Crippen LogP contribution < -0.4 is 5.32 Å². The molecule has 0 aromatic heterocycles. The Kier molecular flexibility index (Phi) is 4.08. The Balaban J connectivity index is 0.00000196. The summed E-state index contributed by atoms with van der Waals surface area (Å²) in [7, 11) is 0. The third-order valence-electron chi connectivity index (χ3n) is 1.59. The van der Waals surface area contributed by atoms with E-state index in [4.69, 9.17) is 0 Å². The molecule has 2 amide bonds. The Morgan fingerprint density at radius 1 is 0.800 bits per heavy atom. The molecule has 0 unspecified atom stereocenters. The molecule has 0 aromatic rings. The third kappa shape index (κ3) is 1.86. The Bertz CT molecular complexity index is 289. The molecule has 1 fully saturated rings. The summed E-state index contributed by atoms with van der Waals surface area (Å²) in [6.45, 7) is 0. The van der Waals surface area contributed by atoms with Crippen LogP contribution in [0.3, 0.4) is 0 Å². The zero-order chi connectivity index (χ0) is 11.4. The van der Waals surface area contributed by atoms with Crippen molar-refractivity contribution in [1.82, 2.24) is 5.32 Å². The van der Waals surface area contributed by atoms with E-state index in [1.165, 1.54) is 0 Å². The SMILES string of the molecule is O=C1NC(=O)C(F)(F)C(F)(F)C1(F)F.[K]. The molecule has 1 heterocycles. The molecule has 0 bridgehead atoms. The van der Waals surface area contributed by atoms with Crippen LogP contribution in [0.25, 0.3) is 0 Å². The van der Waals surface area contributed by atoms with Crippen LogP contribution in [0.4, 0.5) is 26.3 Å². The molecule has 1 aliphatic heterocycles. The van der Waals surface area contributed by atoms with Crippen molar-refractivity contribution in [3.05, 3.63) is 0 Å². The van der Waals surface area contributed by atoms with Crippen LogP contribution in [0, 0.1) is 0 Å². The van der Waals surface area contributed by atoms with Crippen LogP contribution in [0.15, 0.2) is 0 Å². The Morgan fingerprint density at radius 2 is 1.07 bits per heavy atom. The van der Waals surface area contributed by atoms with Crippen LogP contribution in [-0.2, 0) is 9.59 Å². The molecule has 1 saturated heterocycles. The van der Waals surface area contributed by atoms with Crippen molar-refractivity contribution in [2.24, 2.45) is 0 Å². The number of hydrogen-bond donors (Lipinski definition) is 1. The first-order valence-electron chi connectivity index (χ1n) is 3.04. The fourth-order valence-corrected chi connectivity index (χ4v) is 0.742. The second-order valence-electron chi connectivity index (χ2n) is 2.51. The Hall–Kier alpha value is 0.356. The maximum absolute atomic E-state index is 12.3. The first kappa shape index (κ1) is 15.4. The number of alkyl halides is 6. The molecule has 3 nitrogen and oxygen atoms in total. The predicted molar refractivity (Wildman–Crippen MR) is 33.7 cm³/mol. The number of piperidine rings is 1. The average molecular weight is 260 g/mol. The quantitative estimate of drug-likeness (QED) is 0.383. The summed E-state index contributed by atoms with van der Waals surface area (Å²) < 4.78 is 73.6. The van der Waals surface area contributed by atoms with Crippen molar-refractivity contribution in [2.45, 2.75) is 17.8 Å². The van der Waals surface area contributed by atoms with Crippen LogP contribution in [0.2, 0.25) is 0 Å². The number of carbonyl (C=O) groups excluding carboxylic acids is 2. The molecule has 15 heavy (non-hydrogen) atoms. The maximum atomic E-state index is 12.3. The van der Waals surface area contributed by atoms with Crippen molar-refractivity contribution in [2.75, 3.05) is 0 Å². The summed E-state index contributed by atoms with van der Waals surface area (Å²) in [5, 5.41) is 0.458. The largest absolute Gasteiger partial charge is 0.393 e. The van der Waals surface area contributed by atoms with E-state index in [1.807, 2.05) is 0 Å². The number of imide groups is 1. The average Bonchev–Trinajstić information content (AvgIpc) is 2.01. The maximum Gasteiger partial charge on any atom is 0.393 e. The molecule has 10 heteroatoms. The normalized spacial score (nSPS) is 26.5. The molecule has 0 spiro atoms. The molecule has 81 valence electrons. The van der Waals surface area contributed by atoms with Gasteiger partial charge in [0.1, 0.15) is 0 Å². The zero-order valence-electron chi connectivity index (χ0n) is 7.08. The minimum Gasteiger partial charge on any atom is -0.285 e. The van der Waals surface area contributed by atoms with E-state index in [-0.39, 0.29) is 51.4 Å². The van der Waals surface area contributed by atoms with E-state index in [0.29, 0.717) is 5.32 Å². The number of rotatable bonds is 0. The van der Waals surface area contributed by atoms with Gasteiger partial charge in [0.15, 0.2) is 0 Å². The van der Waals surface area contributed by atoms with Crippen molar-refractivity contribution in [3.63, 3.8) is 0 Å². The summed E-state index contributed by atoms with van der Waals surface area (Å²) in [6, 6.07) is 0. The van der Waals surface area contributed by atoms with Gasteiger partial charge in [-0.15, -0.1) is 0 Å². The summed E-state index contributed by atoms with van der Waals surface area (Å²) in [6.07, 6.45) is 0. The first-order chi connectivity index (χ1) is 6.05. The Morgan fingerprint density at radius 3 is 1.33 bits per heavy atom. The number of halogens is 6. The van der Waals surface area contributed by atoms with Gasteiger partial charge in [-0.25, -0.2) is 0 Å². The number of hydrogen-bond acceptors (Lipinski definition) is 2. The van der Waals surface area contributed by atoms with Gasteiger partial charge in [0.05, 0.1) is 0 Å². The summed E-state index contributed by atoms with van der Waals surface area (Å²) >= 11 is 0. The monoisotopic (exact) mass is 260 g/mol. The Labute approximate surface area is 121 Å². The zero-order valence-corrected chi connectivity index (χ0v) is 10.2.